The van der Waals surface area contributed by atoms with Crippen LogP contribution in [0, 0.1) is 17.8 Å². The molecule has 2 amide bonds. The summed E-state index contributed by atoms with van der Waals surface area (Å²) in [6, 6.07) is 4.60. The number of fused-ring (bicyclic) bond motifs is 2. The first kappa shape index (κ1) is 55.9. The zero-order chi connectivity index (χ0) is 49.1. The standard InChI is InChI=1S/C54H85N3O12/c1-4-7-9-10-11-12-13-14-15-19-28-55-52(61)67-42-26-27-47-45(39-42)50-43(24-17-21-31-59)41(23-16-20-30-58)38-44-46(56-69-49-25-18-22-35-64-49)40-48(54(68-47,51(44)50)66-33-6-3)57(29-36-63-37-32-60)53(62)65-34-8-5-2/h5-6,26-27,38-39,41,43,48-51,58-60H,2-4,7-25,28-37,40H2,1H3,(H,55,61)/t41-,43+,48-,49?,50+,51+,54+/m0/s1. The number of hydrogen-bond donors (Lipinski definition) is 4. The molecule has 2 aliphatic carbocycles. The second kappa shape index (κ2) is 31.4. The Bertz CT molecular complexity index is 1750. The van der Waals surface area contributed by atoms with Gasteiger partial charge in [-0.3, -0.25) is 4.90 Å². The number of unbranched alkanes of at least 4 members (excludes halogenated alkanes) is 11. The Kier molecular flexibility index (Phi) is 25.4. The second-order valence-electron chi connectivity index (χ2n) is 18.9. The molecule has 4 aliphatic rings. The molecule has 2 heterocycles. The average Bonchev–Trinajstić information content (AvgIpc) is 3.36. The summed E-state index contributed by atoms with van der Waals surface area (Å²) in [5, 5.41) is 37.4. The van der Waals surface area contributed by atoms with Crippen molar-refractivity contribution in [3.8, 4) is 11.5 Å². The SMILES string of the molecule is C=CCCOC(=O)N(CCOCCO)[C@H]1CC(=NOC2CCCCO2)C2=C[C@H](CCCCO)[C@@H](CCCCO)[C@@H]3c4cc(OC(=O)NCCCCCCCCCCCC)ccc4O[C@@]1(OCC=C)[C@H]23. The third-order valence-corrected chi connectivity index (χ3v) is 13.9. The van der Waals surface area contributed by atoms with Crippen LogP contribution in [0.25, 0.3) is 0 Å². The molecule has 7 atom stereocenters. The number of carbonyl (C=O) groups is 2. The summed E-state index contributed by atoms with van der Waals surface area (Å²) in [6.45, 7) is 11.5. The molecule has 2 aliphatic heterocycles. The summed E-state index contributed by atoms with van der Waals surface area (Å²) in [7, 11) is 0. The zero-order valence-corrected chi connectivity index (χ0v) is 41.7. The smallest absolute Gasteiger partial charge is 0.412 e. The molecular weight excluding hydrogens is 883 g/mol. The molecule has 0 bridgehead atoms. The number of rotatable bonds is 34. The van der Waals surface area contributed by atoms with Gasteiger partial charge in [0.1, 0.15) is 17.5 Å². The average molecular weight is 968 g/mol. The fourth-order valence-electron chi connectivity index (χ4n) is 10.6. The molecule has 5 rings (SSSR count). The molecule has 388 valence electrons. The van der Waals surface area contributed by atoms with Crippen molar-refractivity contribution in [3.05, 3.63) is 60.7 Å². The van der Waals surface area contributed by atoms with E-state index in [4.69, 9.17) is 38.4 Å². The number of hydrogen-bond acceptors (Lipinski definition) is 13. The van der Waals surface area contributed by atoms with Gasteiger partial charge in [-0.2, -0.15) is 0 Å². The van der Waals surface area contributed by atoms with Crippen molar-refractivity contribution in [1.82, 2.24) is 10.2 Å². The number of oxime groups is 1. The van der Waals surface area contributed by atoms with Crippen LogP contribution in [0.3, 0.4) is 0 Å². The lowest BCUT2D eigenvalue weighted by Crippen LogP contribution is -2.70. The van der Waals surface area contributed by atoms with E-state index in [9.17, 15) is 24.9 Å². The number of aliphatic hydroxyl groups is 3. The van der Waals surface area contributed by atoms with Crippen LogP contribution in [0.4, 0.5) is 9.59 Å². The molecule has 1 saturated carbocycles. The molecule has 1 saturated heterocycles. The van der Waals surface area contributed by atoms with Crippen molar-refractivity contribution in [2.45, 2.75) is 166 Å². The van der Waals surface area contributed by atoms with E-state index in [1.54, 1.807) is 23.1 Å². The predicted molar refractivity (Wildman–Crippen MR) is 266 cm³/mol. The van der Waals surface area contributed by atoms with Crippen molar-refractivity contribution in [2.24, 2.45) is 22.9 Å². The van der Waals surface area contributed by atoms with Gasteiger partial charge < -0.3 is 53.9 Å². The lowest BCUT2D eigenvalue weighted by Gasteiger charge is -2.59. The van der Waals surface area contributed by atoms with E-state index >= 15 is 0 Å². The molecule has 15 nitrogen and oxygen atoms in total. The highest BCUT2D eigenvalue weighted by Gasteiger charge is 2.65. The molecule has 1 aromatic rings. The Morgan fingerprint density at radius 3 is 2.35 bits per heavy atom. The minimum Gasteiger partial charge on any atom is -0.459 e. The summed E-state index contributed by atoms with van der Waals surface area (Å²) in [6.07, 6.45) is 23.4. The van der Waals surface area contributed by atoms with E-state index in [1.807, 2.05) is 12.1 Å². The van der Waals surface area contributed by atoms with Gasteiger partial charge in [0.2, 0.25) is 12.1 Å². The fourth-order valence-corrected chi connectivity index (χ4v) is 10.6. The zero-order valence-electron chi connectivity index (χ0n) is 41.7. The highest BCUT2D eigenvalue weighted by atomic mass is 16.8. The second-order valence-corrected chi connectivity index (χ2v) is 18.9. The molecule has 1 unspecified atom stereocenters. The topological polar surface area (TPSA) is 187 Å². The van der Waals surface area contributed by atoms with Gasteiger partial charge in [-0.25, -0.2) is 9.59 Å². The van der Waals surface area contributed by atoms with Gasteiger partial charge in [0.15, 0.2) is 0 Å². The predicted octanol–water partition coefficient (Wildman–Crippen LogP) is 9.88. The molecule has 2 fully saturated rings. The number of nitrogens with one attached hydrogen (secondary N) is 1. The lowest BCUT2D eigenvalue weighted by molar-refractivity contribution is -0.256. The molecule has 0 spiro atoms. The van der Waals surface area contributed by atoms with Gasteiger partial charge >= 0.3 is 12.2 Å². The number of ether oxygens (including phenoxy) is 6. The number of aliphatic hydroxyl groups excluding tert-OH is 3. The first-order valence-corrected chi connectivity index (χ1v) is 26.4. The molecule has 4 N–H and O–H groups in total. The number of nitrogens with zero attached hydrogens (tertiary/aromatic N) is 2. The van der Waals surface area contributed by atoms with E-state index in [0.29, 0.717) is 56.0 Å². The number of benzene rings is 1. The van der Waals surface area contributed by atoms with Gasteiger partial charge in [0.05, 0.1) is 51.3 Å². The maximum absolute atomic E-state index is 14.5. The van der Waals surface area contributed by atoms with Gasteiger partial charge in [-0.15, -0.1) is 13.2 Å². The number of amides is 2. The Hall–Kier alpha value is -3.99. The Balaban J connectivity index is 1.57. The van der Waals surface area contributed by atoms with Crippen LogP contribution in [0.15, 0.2) is 60.3 Å². The summed E-state index contributed by atoms with van der Waals surface area (Å²) in [4.78, 5) is 35.7. The first-order valence-electron chi connectivity index (χ1n) is 26.4. The van der Waals surface area contributed by atoms with E-state index in [-0.39, 0.29) is 77.0 Å². The van der Waals surface area contributed by atoms with Crippen LogP contribution in [0.1, 0.15) is 153 Å². The van der Waals surface area contributed by atoms with Gasteiger partial charge in [-0.1, -0.05) is 101 Å². The van der Waals surface area contributed by atoms with Crippen LogP contribution in [-0.4, -0.2) is 122 Å². The third-order valence-electron chi connectivity index (χ3n) is 13.9. The van der Waals surface area contributed by atoms with Gasteiger partial charge in [-0.05, 0) is 87.0 Å². The number of allylic oxidation sites excluding steroid dienone is 1. The summed E-state index contributed by atoms with van der Waals surface area (Å²) in [5.41, 5.74) is 2.31. The summed E-state index contributed by atoms with van der Waals surface area (Å²) < 4.78 is 38.0. The van der Waals surface area contributed by atoms with Crippen molar-refractivity contribution in [3.63, 3.8) is 0 Å². The molecule has 0 aromatic heterocycles. The van der Waals surface area contributed by atoms with E-state index < -0.39 is 36.2 Å². The van der Waals surface area contributed by atoms with Crippen molar-refractivity contribution >= 4 is 17.9 Å². The Morgan fingerprint density at radius 1 is 0.899 bits per heavy atom. The molecular formula is C54H85N3O12. The first-order chi connectivity index (χ1) is 33.8. The summed E-state index contributed by atoms with van der Waals surface area (Å²) in [5.74, 6) is -1.61. The van der Waals surface area contributed by atoms with Gasteiger partial charge in [0.25, 0.3) is 0 Å². The van der Waals surface area contributed by atoms with Gasteiger partial charge in [0, 0.05) is 50.6 Å². The quantitative estimate of drug-likeness (QED) is 0.0291. The highest BCUT2D eigenvalue weighted by molar-refractivity contribution is 6.03. The molecule has 69 heavy (non-hydrogen) atoms. The van der Waals surface area contributed by atoms with Crippen molar-refractivity contribution in [2.75, 3.05) is 65.9 Å². The summed E-state index contributed by atoms with van der Waals surface area (Å²) >= 11 is 0. The van der Waals surface area contributed by atoms with Crippen LogP contribution in [-0.2, 0) is 23.8 Å². The minimum absolute atomic E-state index is 0.00279. The monoisotopic (exact) mass is 968 g/mol. The lowest BCUT2D eigenvalue weighted by atomic mass is 9.55. The molecule has 1 aromatic carbocycles. The van der Waals surface area contributed by atoms with Crippen LogP contribution < -0.4 is 14.8 Å². The highest BCUT2D eigenvalue weighted by Crippen LogP contribution is 2.62. The maximum Gasteiger partial charge on any atom is 0.412 e. The third kappa shape index (κ3) is 16.5. The maximum atomic E-state index is 14.5. The van der Waals surface area contributed by atoms with Crippen LogP contribution in [0.2, 0.25) is 0 Å². The van der Waals surface area contributed by atoms with E-state index in [1.165, 1.54) is 44.9 Å². The van der Waals surface area contributed by atoms with Crippen LogP contribution in [0.5, 0.6) is 11.5 Å². The molecule has 0 radical (unpaired) electrons. The largest absolute Gasteiger partial charge is 0.459 e. The van der Waals surface area contributed by atoms with Crippen molar-refractivity contribution < 1.29 is 58.2 Å². The normalized spacial score (nSPS) is 24.3. The molecule has 15 heteroatoms. The number of carbonyl (C=O) groups excluding carboxylic acids is 2. The van der Waals surface area contributed by atoms with Crippen LogP contribution >= 0.6 is 0 Å². The Morgan fingerprint density at radius 2 is 1.65 bits per heavy atom. The Labute approximate surface area is 412 Å². The minimum atomic E-state index is -1.54. The van der Waals surface area contributed by atoms with E-state index in [0.717, 1.165) is 68.9 Å². The van der Waals surface area contributed by atoms with Crippen molar-refractivity contribution in [1.29, 1.82) is 0 Å². The van der Waals surface area contributed by atoms with E-state index in [2.05, 4.69) is 31.5 Å². The fraction of sp³-hybridized carbons (Fsp3) is 0.722.